The summed E-state index contributed by atoms with van der Waals surface area (Å²) in [6, 6.07) is 6.90. The lowest BCUT2D eigenvalue weighted by atomic mass is 9.97. The van der Waals surface area contributed by atoms with Crippen molar-refractivity contribution in [2.45, 2.75) is 24.9 Å². The monoisotopic (exact) mass is 420 g/mol. The number of nitrogens with zero attached hydrogens (tertiary/aromatic N) is 3. The van der Waals surface area contributed by atoms with E-state index in [4.69, 9.17) is 26.8 Å². The Morgan fingerprint density at radius 3 is 2.76 bits per heavy atom. The first-order valence-corrected chi connectivity index (χ1v) is 9.79. The van der Waals surface area contributed by atoms with Gasteiger partial charge in [0, 0.05) is 31.2 Å². The van der Waals surface area contributed by atoms with Gasteiger partial charge in [0.25, 0.3) is 0 Å². The number of amides is 2. The van der Waals surface area contributed by atoms with Gasteiger partial charge in [-0.15, -0.1) is 0 Å². The Balaban J connectivity index is 1.63. The molecule has 29 heavy (non-hydrogen) atoms. The molecule has 0 radical (unpaired) electrons. The summed E-state index contributed by atoms with van der Waals surface area (Å²) in [6.07, 6.45) is 4.57. The number of aryl methyl sites for hydroxylation is 2. The standard InChI is InChI=1S/C20H25ClN4O4/c1-24-12-15(11-23-24)2-7-19(27)25-8-9-29-20(13-25,10-18(22)26)14-28-17-5-3-16(21)4-6-17/h3-6,11-12H,2,7-10,13-14H2,1H3,(H2,22,26)/t20-/m1/s1. The van der Waals surface area contributed by atoms with Crippen molar-refractivity contribution in [1.29, 1.82) is 0 Å². The highest BCUT2D eigenvalue weighted by Crippen LogP contribution is 2.25. The zero-order valence-corrected chi connectivity index (χ0v) is 17.1. The van der Waals surface area contributed by atoms with E-state index in [0.717, 1.165) is 5.56 Å². The molecule has 1 aromatic carbocycles. The van der Waals surface area contributed by atoms with E-state index >= 15 is 0 Å². The van der Waals surface area contributed by atoms with Crippen molar-refractivity contribution < 1.29 is 19.1 Å². The van der Waals surface area contributed by atoms with E-state index in [9.17, 15) is 9.59 Å². The van der Waals surface area contributed by atoms with E-state index in [1.54, 1.807) is 40.0 Å². The Morgan fingerprint density at radius 2 is 2.10 bits per heavy atom. The van der Waals surface area contributed by atoms with Crippen LogP contribution < -0.4 is 10.5 Å². The fourth-order valence-corrected chi connectivity index (χ4v) is 3.50. The molecule has 2 heterocycles. The van der Waals surface area contributed by atoms with Gasteiger partial charge in [0.05, 0.1) is 25.8 Å². The molecule has 0 aliphatic carbocycles. The van der Waals surface area contributed by atoms with Crippen LogP contribution in [-0.2, 0) is 27.8 Å². The quantitative estimate of drug-likeness (QED) is 0.698. The van der Waals surface area contributed by atoms with Gasteiger partial charge in [-0.05, 0) is 36.2 Å². The fraction of sp³-hybridized carbons (Fsp3) is 0.450. The van der Waals surface area contributed by atoms with Crippen LogP contribution >= 0.6 is 11.6 Å². The van der Waals surface area contributed by atoms with Gasteiger partial charge in [0.2, 0.25) is 11.8 Å². The number of rotatable bonds is 8. The van der Waals surface area contributed by atoms with Gasteiger partial charge < -0.3 is 20.1 Å². The number of benzene rings is 1. The van der Waals surface area contributed by atoms with E-state index in [1.807, 2.05) is 13.2 Å². The van der Waals surface area contributed by atoms with Gasteiger partial charge in [0.15, 0.2) is 0 Å². The van der Waals surface area contributed by atoms with Crippen LogP contribution in [0.15, 0.2) is 36.7 Å². The van der Waals surface area contributed by atoms with Crippen molar-refractivity contribution in [2.24, 2.45) is 12.8 Å². The maximum absolute atomic E-state index is 12.7. The second kappa shape index (κ2) is 9.28. The minimum Gasteiger partial charge on any atom is -0.490 e. The van der Waals surface area contributed by atoms with Crippen molar-refractivity contribution in [1.82, 2.24) is 14.7 Å². The number of morpholine rings is 1. The van der Waals surface area contributed by atoms with Crippen LogP contribution in [0.3, 0.4) is 0 Å². The van der Waals surface area contributed by atoms with Crippen LogP contribution in [0.25, 0.3) is 0 Å². The molecular weight excluding hydrogens is 396 g/mol. The van der Waals surface area contributed by atoms with Gasteiger partial charge in [-0.3, -0.25) is 14.3 Å². The molecule has 1 saturated heterocycles. The first kappa shape index (κ1) is 21.1. The predicted octanol–water partition coefficient (Wildman–Crippen LogP) is 1.56. The summed E-state index contributed by atoms with van der Waals surface area (Å²) >= 11 is 5.90. The summed E-state index contributed by atoms with van der Waals surface area (Å²) in [5.74, 6) is 0.0914. The molecular formula is C20H25ClN4O4. The van der Waals surface area contributed by atoms with Crippen LogP contribution in [0.4, 0.5) is 0 Å². The van der Waals surface area contributed by atoms with Crippen LogP contribution in [0.1, 0.15) is 18.4 Å². The molecule has 1 fully saturated rings. The number of primary amides is 1. The van der Waals surface area contributed by atoms with Gasteiger partial charge >= 0.3 is 0 Å². The number of hydrogen-bond acceptors (Lipinski definition) is 5. The summed E-state index contributed by atoms with van der Waals surface area (Å²) in [5.41, 5.74) is 5.48. The third-order valence-electron chi connectivity index (χ3n) is 4.80. The predicted molar refractivity (Wildman–Crippen MR) is 108 cm³/mol. The first-order chi connectivity index (χ1) is 13.8. The zero-order valence-electron chi connectivity index (χ0n) is 16.3. The highest BCUT2D eigenvalue weighted by molar-refractivity contribution is 6.30. The molecule has 156 valence electrons. The number of aromatic nitrogens is 2. The number of hydrogen-bond donors (Lipinski definition) is 1. The summed E-state index contributed by atoms with van der Waals surface area (Å²) < 4.78 is 13.4. The minimum atomic E-state index is -0.978. The molecule has 1 aliphatic heterocycles. The van der Waals surface area contributed by atoms with Crippen molar-refractivity contribution in [3.05, 3.63) is 47.2 Å². The van der Waals surface area contributed by atoms with E-state index in [-0.39, 0.29) is 25.5 Å². The summed E-state index contributed by atoms with van der Waals surface area (Å²) in [5, 5.41) is 4.72. The van der Waals surface area contributed by atoms with E-state index < -0.39 is 11.5 Å². The van der Waals surface area contributed by atoms with Crippen LogP contribution in [-0.4, -0.2) is 58.4 Å². The van der Waals surface area contributed by atoms with Crippen molar-refractivity contribution in [3.8, 4) is 5.75 Å². The Kier molecular flexibility index (Phi) is 6.76. The molecule has 3 rings (SSSR count). The smallest absolute Gasteiger partial charge is 0.223 e. The Hall–Kier alpha value is -2.58. The highest BCUT2D eigenvalue weighted by atomic mass is 35.5. The lowest BCUT2D eigenvalue weighted by Gasteiger charge is -2.42. The lowest BCUT2D eigenvalue weighted by molar-refractivity contribution is -0.161. The van der Waals surface area contributed by atoms with Gasteiger partial charge in [0.1, 0.15) is 18.0 Å². The maximum atomic E-state index is 12.7. The largest absolute Gasteiger partial charge is 0.490 e. The average molecular weight is 421 g/mol. The molecule has 1 aromatic heterocycles. The van der Waals surface area contributed by atoms with Gasteiger partial charge in [-0.2, -0.15) is 5.10 Å². The molecule has 9 heteroatoms. The number of nitrogens with two attached hydrogens (primary N) is 1. The molecule has 1 aliphatic rings. The summed E-state index contributed by atoms with van der Waals surface area (Å²) in [4.78, 5) is 26.1. The number of halogens is 1. The van der Waals surface area contributed by atoms with Gasteiger partial charge in [-0.1, -0.05) is 11.6 Å². The minimum absolute atomic E-state index is 0.00232. The topological polar surface area (TPSA) is 99.7 Å². The molecule has 1 atom stereocenters. The second-order valence-corrected chi connectivity index (χ2v) is 7.69. The van der Waals surface area contributed by atoms with Crippen LogP contribution in [0.2, 0.25) is 5.02 Å². The third kappa shape index (κ3) is 5.95. The third-order valence-corrected chi connectivity index (χ3v) is 5.05. The normalized spacial score (nSPS) is 19.2. The SMILES string of the molecule is Cn1cc(CCC(=O)N2CCO[C@](COc3ccc(Cl)cc3)(CC(N)=O)C2)cn1. The average Bonchev–Trinajstić information content (AvgIpc) is 3.10. The number of carbonyl (C=O) groups is 2. The Labute approximate surface area is 174 Å². The van der Waals surface area contributed by atoms with Crippen molar-refractivity contribution in [3.63, 3.8) is 0 Å². The summed E-state index contributed by atoms with van der Waals surface area (Å²) in [7, 11) is 1.84. The zero-order chi connectivity index (χ0) is 20.9. The second-order valence-electron chi connectivity index (χ2n) is 7.25. The maximum Gasteiger partial charge on any atom is 0.223 e. The Morgan fingerprint density at radius 1 is 1.34 bits per heavy atom. The molecule has 2 aromatic rings. The van der Waals surface area contributed by atoms with E-state index in [0.29, 0.717) is 36.8 Å². The highest BCUT2D eigenvalue weighted by Gasteiger charge is 2.40. The molecule has 0 bridgehead atoms. The molecule has 0 unspecified atom stereocenters. The Bertz CT molecular complexity index is 854. The first-order valence-electron chi connectivity index (χ1n) is 9.41. The molecule has 0 saturated carbocycles. The van der Waals surface area contributed by atoms with Crippen LogP contribution in [0.5, 0.6) is 5.75 Å². The van der Waals surface area contributed by atoms with E-state index in [2.05, 4.69) is 5.10 Å². The lowest BCUT2D eigenvalue weighted by Crippen LogP contribution is -2.58. The summed E-state index contributed by atoms with van der Waals surface area (Å²) in [6.45, 7) is 1.13. The van der Waals surface area contributed by atoms with Crippen LogP contribution in [0, 0.1) is 0 Å². The molecule has 8 nitrogen and oxygen atoms in total. The molecule has 2 amide bonds. The van der Waals surface area contributed by atoms with Gasteiger partial charge in [-0.25, -0.2) is 0 Å². The van der Waals surface area contributed by atoms with E-state index in [1.165, 1.54) is 0 Å². The van der Waals surface area contributed by atoms with Crippen molar-refractivity contribution in [2.75, 3.05) is 26.3 Å². The molecule has 0 spiro atoms. The molecule has 2 N–H and O–H groups in total. The fourth-order valence-electron chi connectivity index (χ4n) is 3.38. The number of ether oxygens (including phenoxy) is 2. The van der Waals surface area contributed by atoms with Crippen molar-refractivity contribution >= 4 is 23.4 Å². The number of carbonyl (C=O) groups excluding carboxylic acids is 2.